The van der Waals surface area contributed by atoms with Crippen LogP contribution in [0.15, 0.2) is 17.5 Å². The molecule has 1 aliphatic rings. The summed E-state index contributed by atoms with van der Waals surface area (Å²) in [7, 11) is 0. The summed E-state index contributed by atoms with van der Waals surface area (Å²) in [5.41, 5.74) is -0.524. The Bertz CT molecular complexity index is 435. The Morgan fingerprint density at radius 3 is 2.95 bits per heavy atom. The maximum atomic E-state index is 12.5. The fraction of sp³-hybridized carbons (Fsp3) is 0.688. The second kappa shape index (κ2) is 7.92. The third-order valence-corrected chi connectivity index (χ3v) is 5.10. The van der Waals surface area contributed by atoms with Crippen molar-refractivity contribution >= 4 is 17.3 Å². The first-order valence-corrected chi connectivity index (χ1v) is 8.75. The van der Waals surface area contributed by atoms with Gasteiger partial charge in [-0.3, -0.25) is 10.1 Å². The average Bonchev–Trinajstić information content (AvgIpc) is 2.92. The van der Waals surface area contributed by atoms with Crippen LogP contribution in [0.3, 0.4) is 0 Å². The van der Waals surface area contributed by atoms with Gasteiger partial charge in [0.05, 0.1) is 6.61 Å². The summed E-state index contributed by atoms with van der Waals surface area (Å²) in [5.74, 6) is -0.0838. The highest BCUT2D eigenvalue weighted by molar-refractivity contribution is 7.09. The van der Waals surface area contributed by atoms with E-state index in [-0.39, 0.29) is 5.97 Å². The van der Waals surface area contributed by atoms with E-state index in [0.29, 0.717) is 6.61 Å². The molecule has 0 bridgehead atoms. The number of carbonyl (C=O) groups excluding carboxylic acids is 1. The highest BCUT2D eigenvalue weighted by Gasteiger charge is 2.40. The molecule has 4 nitrogen and oxygen atoms in total. The maximum absolute atomic E-state index is 12.5. The largest absolute Gasteiger partial charge is 0.465 e. The van der Waals surface area contributed by atoms with Crippen molar-refractivity contribution < 1.29 is 9.53 Å². The van der Waals surface area contributed by atoms with Crippen LogP contribution >= 0.6 is 11.3 Å². The zero-order valence-corrected chi connectivity index (χ0v) is 13.9. The lowest BCUT2D eigenvalue weighted by atomic mass is 9.90. The Morgan fingerprint density at radius 2 is 2.29 bits per heavy atom. The van der Waals surface area contributed by atoms with E-state index in [1.54, 1.807) is 11.3 Å². The fourth-order valence-corrected chi connectivity index (χ4v) is 3.54. The molecule has 0 aromatic carbocycles. The van der Waals surface area contributed by atoms with E-state index in [9.17, 15) is 4.79 Å². The van der Waals surface area contributed by atoms with Gasteiger partial charge in [-0.15, -0.1) is 11.3 Å². The van der Waals surface area contributed by atoms with E-state index in [1.807, 2.05) is 13.0 Å². The van der Waals surface area contributed by atoms with Crippen LogP contribution in [0.5, 0.6) is 0 Å². The van der Waals surface area contributed by atoms with Crippen LogP contribution in [0.1, 0.15) is 38.0 Å². The highest BCUT2D eigenvalue weighted by atomic mass is 32.1. The molecule has 1 unspecified atom stereocenters. The highest BCUT2D eigenvalue weighted by Crippen LogP contribution is 2.25. The van der Waals surface area contributed by atoms with Gasteiger partial charge in [-0.05, 0) is 50.7 Å². The van der Waals surface area contributed by atoms with Gasteiger partial charge < -0.3 is 9.64 Å². The number of carbonyl (C=O) groups is 1. The van der Waals surface area contributed by atoms with E-state index >= 15 is 0 Å². The molecule has 0 aliphatic carbocycles. The molecule has 1 N–H and O–H groups in total. The molecule has 5 heteroatoms. The van der Waals surface area contributed by atoms with Crippen molar-refractivity contribution in [2.24, 2.45) is 0 Å². The van der Waals surface area contributed by atoms with Gasteiger partial charge in [0.1, 0.15) is 5.54 Å². The van der Waals surface area contributed by atoms with Crippen LogP contribution < -0.4 is 5.32 Å². The summed E-state index contributed by atoms with van der Waals surface area (Å²) >= 11 is 1.72. The molecule has 2 rings (SSSR count). The van der Waals surface area contributed by atoms with Crippen molar-refractivity contribution in [2.75, 3.05) is 26.2 Å². The van der Waals surface area contributed by atoms with Gasteiger partial charge in [0.2, 0.25) is 0 Å². The average molecular weight is 310 g/mol. The van der Waals surface area contributed by atoms with Crippen molar-refractivity contribution in [2.45, 2.75) is 45.2 Å². The molecule has 0 amide bonds. The van der Waals surface area contributed by atoms with Crippen molar-refractivity contribution in [3.05, 3.63) is 22.4 Å². The molecule has 1 atom stereocenters. The van der Waals surface area contributed by atoms with Gasteiger partial charge in [-0.25, -0.2) is 0 Å². The number of ether oxygens (including phenoxy) is 1. The van der Waals surface area contributed by atoms with Gasteiger partial charge in [-0.2, -0.15) is 0 Å². The molecule has 1 aromatic rings. The van der Waals surface area contributed by atoms with Crippen molar-refractivity contribution in [3.63, 3.8) is 0 Å². The minimum absolute atomic E-state index is 0.0838. The second-order valence-electron chi connectivity index (χ2n) is 5.52. The van der Waals surface area contributed by atoms with Crippen LogP contribution in [-0.2, 0) is 16.1 Å². The van der Waals surface area contributed by atoms with Crippen LogP contribution in [-0.4, -0.2) is 42.6 Å². The Kier molecular flexibility index (Phi) is 6.21. The number of esters is 1. The molecule has 0 radical (unpaired) electrons. The zero-order chi connectivity index (χ0) is 15.1. The quantitative estimate of drug-likeness (QED) is 0.820. The third-order valence-electron chi connectivity index (χ3n) is 4.23. The molecule has 1 aromatic heterocycles. The van der Waals surface area contributed by atoms with Crippen molar-refractivity contribution in [1.82, 2.24) is 10.2 Å². The summed E-state index contributed by atoms with van der Waals surface area (Å²) in [6.45, 7) is 8.30. The van der Waals surface area contributed by atoms with E-state index in [0.717, 1.165) is 45.4 Å². The van der Waals surface area contributed by atoms with Crippen LogP contribution in [0.25, 0.3) is 0 Å². The number of hydrogen-bond acceptors (Lipinski definition) is 5. The maximum Gasteiger partial charge on any atom is 0.326 e. The summed E-state index contributed by atoms with van der Waals surface area (Å²) < 4.78 is 5.36. The van der Waals surface area contributed by atoms with Gasteiger partial charge >= 0.3 is 5.97 Å². The predicted octanol–water partition coefficient (Wildman–Crippen LogP) is 2.65. The number of hydrogen-bond donors (Lipinski definition) is 1. The van der Waals surface area contributed by atoms with E-state index < -0.39 is 5.54 Å². The normalized spacial score (nSPS) is 23.7. The Balaban J connectivity index is 2.07. The van der Waals surface area contributed by atoms with E-state index in [1.165, 1.54) is 4.88 Å². The van der Waals surface area contributed by atoms with Crippen LogP contribution in [0.4, 0.5) is 0 Å². The standard InChI is InChI=1S/C16H26N2O2S/c1-3-18-10-6-8-16(9-11-18,15(19)20-4-2)17-13-14-7-5-12-21-14/h5,7,12,17H,3-4,6,8-11,13H2,1-2H3. The summed E-state index contributed by atoms with van der Waals surface area (Å²) in [6.07, 6.45) is 2.71. The van der Waals surface area contributed by atoms with Gasteiger partial charge in [-0.1, -0.05) is 13.0 Å². The molecule has 118 valence electrons. The molecule has 1 aliphatic heterocycles. The Morgan fingerprint density at radius 1 is 1.43 bits per heavy atom. The van der Waals surface area contributed by atoms with Gasteiger partial charge in [0.25, 0.3) is 0 Å². The van der Waals surface area contributed by atoms with Crippen molar-refractivity contribution in [3.8, 4) is 0 Å². The molecular weight excluding hydrogens is 284 g/mol. The van der Waals surface area contributed by atoms with Crippen LogP contribution in [0, 0.1) is 0 Å². The zero-order valence-electron chi connectivity index (χ0n) is 13.1. The summed E-state index contributed by atoms with van der Waals surface area (Å²) in [4.78, 5) is 16.2. The minimum Gasteiger partial charge on any atom is -0.465 e. The molecular formula is C16H26N2O2S. The van der Waals surface area contributed by atoms with Crippen LogP contribution in [0.2, 0.25) is 0 Å². The Hall–Kier alpha value is -0.910. The van der Waals surface area contributed by atoms with Crippen molar-refractivity contribution in [1.29, 1.82) is 0 Å². The molecule has 0 spiro atoms. The Labute approximate surface area is 131 Å². The number of likely N-dealkylation sites (tertiary alicyclic amines) is 1. The number of nitrogens with one attached hydrogen (secondary N) is 1. The summed E-state index contributed by atoms with van der Waals surface area (Å²) in [5, 5.41) is 5.59. The molecule has 1 fully saturated rings. The minimum atomic E-state index is -0.524. The topological polar surface area (TPSA) is 41.6 Å². The molecule has 21 heavy (non-hydrogen) atoms. The molecule has 1 saturated heterocycles. The first-order chi connectivity index (χ1) is 10.2. The molecule has 2 heterocycles. The third kappa shape index (κ3) is 4.28. The van der Waals surface area contributed by atoms with E-state index in [4.69, 9.17) is 4.74 Å². The van der Waals surface area contributed by atoms with Gasteiger partial charge in [0, 0.05) is 18.0 Å². The number of rotatable bonds is 6. The number of thiophene rings is 1. The fourth-order valence-electron chi connectivity index (χ4n) is 2.90. The summed E-state index contributed by atoms with van der Waals surface area (Å²) in [6, 6.07) is 4.15. The molecule has 0 saturated carbocycles. The first-order valence-electron chi connectivity index (χ1n) is 7.87. The first kappa shape index (κ1) is 16.5. The lowest BCUT2D eigenvalue weighted by Gasteiger charge is -2.31. The second-order valence-corrected chi connectivity index (χ2v) is 6.56. The number of nitrogens with zero attached hydrogens (tertiary/aromatic N) is 1. The SMILES string of the molecule is CCOC(=O)C1(NCc2cccs2)CCCN(CC)CC1. The smallest absolute Gasteiger partial charge is 0.326 e. The lowest BCUT2D eigenvalue weighted by molar-refractivity contribution is -0.152. The monoisotopic (exact) mass is 310 g/mol. The predicted molar refractivity (Wildman–Crippen MR) is 86.5 cm³/mol. The lowest BCUT2D eigenvalue weighted by Crippen LogP contribution is -2.53. The van der Waals surface area contributed by atoms with Gasteiger partial charge in [0.15, 0.2) is 0 Å². The van der Waals surface area contributed by atoms with E-state index in [2.05, 4.69) is 28.6 Å².